The smallest absolute Gasteiger partial charge is 0.278 e. The molecular weight excluding hydrogens is 437 g/mol. The molecular formula is C23H17Cl2N3O3. The zero-order chi connectivity index (χ0) is 22.0. The number of nitrogens with one attached hydrogen (secondary N) is 1. The van der Waals surface area contributed by atoms with Gasteiger partial charge in [-0.05, 0) is 53.6 Å². The SMILES string of the molecule is COc1ccc(Cl)cc1NC1=C(c2ccc(Cl)cc2)C(=O)N(Cc2ccncc2)C1=O. The summed E-state index contributed by atoms with van der Waals surface area (Å²) in [5, 5.41) is 4.06. The van der Waals surface area contributed by atoms with Crippen LogP contribution in [-0.2, 0) is 16.1 Å². The first-order valence-electron chi connectivity index (χ1n) is 9.34. The summed E-state index contributed by atoms with van der Waals surface area (Å²) in [7, 11) is 1.51. The van der Waals surface area contributed by atoms with Crippen LogP contribution in [0.1, 0.15) is 11.1 Å². The van der Waals surface area contributed by atoms with Crippen LogP contribution in [0.2, 0.25) is 10.0 Å². The maximum absolute atomic E-state index is 13.3. The van der Waals surface area contributed by atoms with Crippen LogP contribution in [0.3, 0.4) is 0 Å². The molecule has 3 aromatic rings. The van der Waals surface area contributed by atoms with Crippen molar-refractivity contribution in [1.29, 1.82) is 0 Å². The zero-order valence-corrected chi connectivity index (χ0v) is 17.9. The Morgan fingerprint density at radius 2 is 1.61 bits per heavy atom. The molecule has 6 nitrogen and oxygen atoms in total. The minimum atomic E-state index is -0.450. The summed E-state index contributed by atoms with van der Waals surface area (Å²) in [5.41, 5.74) is 2.22. The number of aromatic nitrogens is 1. The van der Waals surface area contributed by atoms with E-state index < -0.39 is 11.8 Å². The van der Waals surface area contributed by atoms with Crippen molar-refractivity contribution in [3.63, 3.8) is 0 Å². The van der Waals surface area contributed by atoms with Crippen molar-refractivity contribution in [1.82, 2.24) is 9.88 Å². The largest absolute Gasteiger partial charge is 0.495 e. The Morgan fingerprint density at radius 3 is 2.29 bits per heavy atom. The van der Waals surface area contributed by atoms with Crippen LogP contribution in [0.5, 0.6) is 5.75 Å². The number of ether oxygens (including phenoxy) is 1. The predicted octanol–water partition coefficient (Wildman–Crippen LogP) is 4.79. The number of carbonyl (C=O) groups excluding carboxylic acids is 2. The number of pyridine rings is 1. The number of halogens is 2. The minimum Gasteiger partial charge on any atom is -0.495 e. The third-order valence-electron chi connectivity index (χ3n) is 4.81. The minimum absolute atomic E-state index is 0.120. The molecule has 0 unspecified atom stereocenters. The maximum atomic E-state index is 13.3. The lowest BCUT2D eigenvalue weighted by atomic mass is 10.0. The molecule has 2 amide bonds. The highest BCUT2D eigenvalue weighted by Gasteiger charge is 2.39. The highest BCUT2D eigenvalue weighted by Crippen LogP contribution is 2.35. The van der Waals surface area contributed by atoms with Crippen LogP contribution in [0.15, 0.2) is 72.7 Å². The lowest BCUT2D eigenvalue weighted by Crippen LogP contribution is -2.32. The summed E-state index contributed by atoms with van der Waals surface area (Å²) in [4.78, 5) is 31.8. The zero-order valence-electron chi connectivity index (χ0n) is 16.4. The second-order valence-corrected chi connectivity index (χ2v) is 7.65. The monoisotopic (exact) mass is 453 g/mol. The number of hydrogen-bond donors (Lipinski definition) is 1. The number of benzene rings is 2. The molecule has 2 heterocycles. The van der Waals surface area contributed by atoms with Gasteiger partial charge < -0.3 is 10.1 Å². The summed E-state index contributed by atoms with van der Waals surface area (Å²) in [6.45, 7) is 0.120. The van der Waals surface area contributed by atoms with E-state index in [4.69, 9.17) is 27.9 Å². The average Bonchev–Trinajstić information content (AvgIpc) is 3.00. The van der Waals surface area contributed by atoms with E-state index in [1.165, 1.54) is 12.0 Å². The van der Waals surface area contributed by atoms with Crippen molar-refractivity contribution in [2.24, 2.45) is 0 Å². The van der Waals surface area contributed by atoms with E-state index in [9.17, 15) is 9.59 Å². The molecule has 31 heavy (non-hydrogen) atoms. The van der Waals surface area contributed by atoms with Gasteiger partial charge in [-0.3, -0.25) is 19.5 Å². The van der Waals surface area contributed by atoms with Crippen molar-refractivity contribution >= 4 is 46.3 Å². The van der Waals surface area contributed by atoms with E-state index in [0.717, 1.165) is 5.56 Å². The molecule has 0 atom stereocenters. The van der Waals surface area contributed by atoms with E-state index in [2.05, 4.69) is 10.3 Å². The van der Waals surface area contributed by atoms with Gasteiger partial charge in [0, 0.05) is 22.4 Å². The standard InChI is InChI=1S/C23H17Cl2N3O3/c1-31-19-7-6-17(25)12-18(19)27-21-20(15-2-4-16(24)5-3-15)22(29)28(23(21)30)13-14-8-10-26-11-9-14/h2-12,27H,13H2,1H3. The summed E-state index contributed by atoms with van der Waals surface area (Å²) in [6.07, 6.45) is 3.23. The molecule has 8 heteroatoms. The maximum Gasteiger partial charge on any atom is 0.278 e. The quantitative estimate of drug-likeness (QED) is 0.543. The molecule has 1 N–H and O–H groups in total. The fraction of sp³-hybridized carbons (Fsp3) is 0.0870. The van der Waals surface area contributed by atoms with Crippen molar-refractivity contribution < 1.29 is 14.3 Å². The molecule has 1 aliphatic rings. The van der Waals surface area contributed by atoms with Crippen molar-refractivity contribution in [2.45, 2.75) is 6.54 Å². The third-order valence-corrected chi connectivity index (χ3v) is 5.30. The van der Waals surface area contributed by atoms with Crippen LogP contribution < -0.4 is 10.1 Å². The third kappa shape index (κ3) is 4.26. The predicted molar refractivity (Wildman–Crippen MR) is 120 cm³/mol. The number of nitrogens with zero attached hydrogens (tertiary/aromatic N) is 2. The van der Waals surface area contributed by atoms with Crippen molar-refractivity contribution in [3.05, 3.63) is 93.9 Å². The summed E-state index contributed by atoms with van der Waals surface area (Å²) in [5.74, 6) is -0.374. The van der Waals surface area contributed by atoms with E-state index in [0.29, 0.717) is 27.0 Å². The molecule has 1 aliphatic heterocycles. The number of imide groups is 1. The highest BCUT2D eigenvalue weighted by molar-refractivity contribution is 6.37. The second-order valence-electron chi connectivity index (χ2n) is 6.78. The van der Waals surface area contributed by atoms with Crippen molar-refractivity contribution in [3.8, 4) is 5.75 Å². The number of carbonyl (C=O) groups is 2. The van der Waals surface area contributed by atoms with Crippen LogP contribution in [0, 0.1) is 0 Å². The van der Waals surface area contributed by atoms with Gasteiger partial charge in [-0.2, -0.15) is 0 Å². The summed E-state index contributed by atoms with van der Waals surface area (Å²) < 4.78 is 5.37. The molecule has 0 radical (unpaired) electrons. The van der Waals surface area contributed by atoms with Gasteiger partial charge >= 0.3 is 0 Å². The lowest BCUT2D eigenvalue weighted by molar-refractivity contribution is -0.137. The Morgan fingerprint density at radius 1 is 0.935 bits per heavy atom. The van der Waals surface area contributed by atoms with Gasteiger partial charge in [0.1, 0.15) is 11.4 Å². The molecule has 0 spiro atoms. The number of hydrogen-bond acceptors (Lipinski definition) is 5. The first-order valence-corrected chi connectivity index (χ1v) is 10.1. The van der Waals surface area contributed by atoms with Crippen molar-refractivity contribution in [2.75, 3.05) is 12.4 Å². The molecule has 0 aliphatic carbocycles. The topological polar surface area (TPSA) is 71.5 Å². The van der Waals surface area contributed by atoms with Gasteiger partial charge in [-0.15, -0.1) is 0 Å². The van der Waals surface area contributed by atoms with Gasteiger partial charge in [0.15, 0.2) is 0 Å². The molecule has 0 saturated heterocycles. The first kappa shape index (κ1) is 20.9. The molecule has 1 aromatic heterocycles. The molecule has 2 aromatic carbocycles. The van der Waals surface area contributed by atoms with Crippen LogP contribution in [-0.4, -0.2) is 28.8 Å². The van der Waals surface area contributed by atoms with Crippen LogP contribution >= 0.6 is 23.2 Å². The van der Waals surface area contributed by atoms with Gasteiger partial charge in [-0.25, -0.2) is 0 Å². The van der Waals surface area contributed by atoms with Gasteiger partial charge in [0.2, 0.25) is 0 Å². The first-order chi connectivity index (χ1) is 15.0. The number of methoxy groups -OCH3 is 1. The molecule has 0 fully saturated rings. The lowest BCUT2D eigenvalue weighted by Gasteiger charge is -2.16. The number of rotatable bonds is 6. The Kier molecular flexibility index (Phi) is 5.93. The normalized spacial score (nSPS) is 13.7. The molecule has 0 bridgehead atoms. The average molecular weight is 454 g/mol. The Hall–Kier alpha value is -3.35. The van der Waals surface area contributed by atoms with E-state index in [1.54, 1.807) is 67.0 Å². The van der Waals surface area contributed by atoms with Gasteiger partial charge in [-0.1, -0.05) is 35.3 Å². The van der Waals surface area contributed by atoms with E-state index >= 15 is 0 Å². The number of amides is 2. The fourth-order valence-electron chi connectivity index (χ4n) is 3.30. The van der Waals surface area contributed by atoms with E-state index in [1.807, 2.05) is 0 Å². The van der Waals surface area contributed by atoms with Crippen LogP contribution in [0.25, 0.3) is 5.57 Å². The Balaban J connectivity index is 1.78. The van der Waals surface area contributed by atoms with E-state index in [-0.39, 0.29) is 17.8 Å². The van der Waals surface area contributed by atoms with Crippen LogP contribution in [0.4, 0.5) is 5.69 Å². The second kappa shape index (κ2) is 8.79. The summed E-state index contributed by atoms with van der Waals surface area (Å²) in [6, 6.07) is 15.3. The number of anilines is 1. The Labute approximate surface area is 189 Å². The molecule has 0 saturated carbocycles. The molecule has 156 valence electrons. The molecule has 4 rings (SSSR count). The highest BCUT2D eigenvalue weighted by atomic mass is 35.5. The summed E-state index contributed by atoms with van der Waals surface area (Å²) >= 11 is 12.1. The fourth-order valence-corrected chi connectivity index (χ4v) is 3.60. The van der Waals surface area contributed by atoms with Gasteiger partial charge in [0.25, 0.3) is 11.8 Å². The van der Waals surface area contributed by atoms with Gasteiger partial charge in [0.05, 0.1) is 24.9 Å². The Bertz CT molecular complexity index is 1180.